The Morgan fingerprint density at radius 3 is 2.24 bits per heavy atom. The maximum absolute atomic E-state index is 14.1. The smallest absolute Gasteiger partial charge is 0.458 e. The van der Waals surface area contributed by atoms with Crippen LogP contribution in [0.5, 0.6) is 5.75 Å². The van der Waals surface area contributed by atoms with Gasteiger partial charge in [0.05, 0.1) is 11.7 Å². The van der Waals surface area contributed by atoms with Crippen molar-refractivity contribution in [3.63, 3.8) is 0 Å². The molecular weight excluding hydrogens is 499 g/mol. The number of rotatable bonds is 8. The third-order valence-corrected chi connectivity index (χ3v) is 5.10. The fourth-order valence-electron chi connectivity index (χ4n) is 3.64. The summed E-state index contributed by atoms with van der Waals surface area (Å²) in [7, 11) is 0. The number of carbonyl (C=O) groups excluding carboxylic acids is 1. The zero-order valence-electron chi connectivity index (χ0n) is 20.7. The lowest BCUT2D eigenvalue weighted by Crippen LogP contribution is -2.34. The minimum atomic E-state index is -5.84. The molecule has 0 bridgehead atoms. The van der Waals surface area contributed by atoms with Gasteiger partial charge in [-0.15, -0.1) is 6.58 Å². The van der Waals surface area contributed by atoms with Gasteiger partial charge in [0.2, 0.25) is 0 Å². The van der Waals surface area contributed by atoms with Crippen molar-refractivity contribution in [1.29, 1.82) is 0 Å². The van der Waals surface area contributed by atoms with Crippen LogP contribution in [-0.2, 0) is 15.5 Å². The first-order valence-corrected chi connectivity index (χ1v) is 11.1. The lowest BCUT2D eigenvalue weighted by molar-refractivity contribution is -0.289. The molecule has 0 radical (unpaired) electrons. The second-order valence-corrected chi connectivity index (χ2v) is 8.78. The SMILES string of the molecule is C=CC.CC(CC(C)(C)OC=O)Oc1ccc2cc(-c3ccccc3C(F)(F)C(F)(F)F)c(=O)oc2c1. The van der Waals surface area contributed by atoms with Gasteiger partial charge in [0.15, 0.2) is 0 Å². The highest BCUT2D eigenvalue weighted by atomic mass is 19.4. The number of fused-ring (bicyclic) bond motifs is 1. The van der Waals surface area contributed by atoms with E-state index in [0.29, 0.717) is 30.1 Å². The van der Waals surface area contributed by atoms with Crippen LogP contribution >= 0.6 is 0 Å². The van der Waals surface area contributed by atoms with Crippen molar-refractivity contribution in [2.24, 2.45) is 0 Å². The van der Waals surface area contributed by atoms with Gasteiger partial charge in [-0.05, 0) is 51.5 Å². The number of hydrogen-bond donors (Lipinski definition) is 0. The van der Waals surface area contributed by atoms with Gasteiger partial charge in [-0.2, -0.15) is 22.0 Å². The van der Waals surface area contributed by atoms with Crippen molar-refractivity contribution in [2.45, 2.75) is 57.9 Å². The Labute approximate surface area is 210 Å². The molecule has 1 aromatic heterocycles. The highest BCUT2D eigenvalue weighted by molar-refractivity contribution is 5.83. The van der Waals surface area contributed by atoms with Crippen molar-refractivity contribution < 1.29 is 40.6 Å². The summed E-state index contributed by atoms with van der Waals surface area (Å²) in [5.74, 6) is -4.85. The molecule has 0 aliphatic rings. The van der Waals surface area contributed by atoms with E-state index in [9.17, 15) is 31.5 Å². The molecule has 3 rings (SSSR count). The maximum Gasteiger partial charge on any atom is 0.458 e. The van der Waals surface area contributed by atoms with E-state index in [0.717, 1.165) is 12.1 Å². The molecule has 10 heteroatoms. The van der Waals surface area contributed by atoms with Crippen molar-refractivity contribution >= 4 is 17.4 Å². The number of alkyl halides is 5. The summed E-state index contributed by atoms with van der Waals surface area (Å²) in [4.78, 5) is 23.2. The van der Waals surface area contributed by atoms with Gasteiger partial charge >= 0.3 is 17.7 Å². The van der Waals surface area contributed by atoms with E-state index in [4.69, 9.17) is 13.9 Å². The van der Waals surface area contributed by atoms with E-state index in [-0.39, 0.29) is 5.58 Å². The summed E-state index contributed by atoms with van der Waals surface area (Å²) in [5, 5.41) is 0.296. The van der Waals surface area contributed by atoms with Gasteiger partial charge < -0.3 is 13.9 Å². The van der Waals surface area contributed by atoms with Crippen LogP contribution in [0.3, 0.4) is 0 Å². The van der Waals surface area contributed by atoms with Crippen LogP contribution in [0.4, 0.5) is 22.0 Å². The van der Waals surface area contributed by atoms with Gasteiger partial charge in [0.1, 0.15) is 16.9 Å². The first-order valence-electron chi connectivity index (χ1n) is 11.1. The van der Waals surface area contributed by atoms with E-state index in [1.807, 2.05) is 6.92 Å². The number of hydrogen-bond acceptors (Lipinski definition) is 5. The second-order valence-electron chi connectivity index (χ2n) is 8.78. The number of halogens is 5. The van der Waals surface area contributed by atoms with Crippen LogP contribution in [0, 0.1) is 0 Å². The van der Waals surface area contributed by atoms with E-state index in [1.54, 1.807) is 26.8 Å². The molecule has 0 fully saturated rings. The number of ether oxygens (including phenoxy) is 2. The molecule has 1 unspecified atom stereocenters. The number of benzene rings is 2. The van der Waals surface area contributed by atoms with Crippen LogP contribution < -0.4 is 10.4 Å². The van der Waals surface area contributed by atoms with Crippen molar-refractivity contribution in [3.8, 4) is 16.9 Å². The standard InChI is InChI=1S/C24H21F5O5.C3H6/c1-14(12-22(2,3)32-13-30)33-16-9-8-15-10-18(21(31)34-20(15)11-16)17-6-4-5-7-19(17)23(25,26)24(27,28)29;1-3-2/h4-11,13-14H,12H2,1-3H3;3H,1H2,2H3. The van der Waals surface area contributed by atoms with Crippen LogP contribution in [0.25, 0.3) is 22.1 Å². The van der Waals surface area contributed by atoms with Gasteiger partial charge in [-0.25, -0.2) is 4.79 Å². The zero-order valence-corrected chi connectivity index (χ0v) is 20.7. The van der Waals surface area contributed by atoms with E-state index in [1.165, 1.54) is 30.3 Å². The van der Waals surface area contributed by atoms with E-state index in [2.05, 4.69) is 6.58 Å². The Morgan fingerprint density at radius 1 is 1.03 bits per heavy atom. The van der Waals surface area contributed by atoms with Crippen molar-refractivity contribution in [2.75, 3.05) is 0 Å². The minimum absolute atomic E-state index is 0.0573. The Morgan fingerprint density at radius 2 is 1.65 bits per heavy atom. The topological polar surface area (TPSA) is 65.7 Å². The van der Waals surface area contributed by atoms with Gasteiger partial charge in [0.25, 0.3) is 6.47 Å². The lowest BCUT2D eigenvalue weighted by atomic mass is 9.95. The third kappa shape index (κ3) is 7.18. The van der Waals surface area contributed by atoms with Crippen molar-refractivity contribution in [3.05, 3.63) is 77.2 Å². The molecule has 0 aliphatic carbocycles. The zero-order chi connectivity index (χ0) is 28.0. The van der Waals surface area contributed by atoms with Crippen molar-refractivity contribution in [1.82, 2.24) is 0 Å². The molecule has 37 heavy (non-hydrogen) atoms. The highest BCUT2D eigenvalue weighted by Gasteiger charge is 2.59. The average Bonchev–Trinajstić information content (AvgIpc) is 2.78. The molecule has 2 aromatic carbocycles. The molecule has 0 saturated carbocycles. The summed E-state index contributed by atoms with van der Waals surface area (Å²) in [5.41, 5.74) is -4.15. The third-order valence-electron chi connectivity index (χ3n) is 5.10. The molecule has 0 spiro atoms. The predicted molar refractivity (Wildman–Crippen MR) is 130 cm³/mol. The Kier molecular flexibility index (Phi) is 9.24. The summed E-state index contributed by atoms with van der Waals surface area (Å²) in [6.45, 7) is 10.8. The molecule has 3 aromatic rings. The normalized spacial score (nSPS) is 12.8. The summed E-state index contributed by atoms with van der Waals surface area (Å²) in [6, 6.07) is 9.54. The van der Waals surface area contributed by atoms with E-state index >= 15 is 0 Å². The first kappa shape index (κ1) is 29.5. The monoisotopic (exact) mass is 526 g/mol. The minimum Gasteiger partial charge on any atom is -0.490 e. The molecule has 0 amide bonds. The Hall–Kier alpha value is -3.69. The summed E-state index contributed by atoms with van der Waals surface area (Å²) >= 11 is 0. The van der Waals surface area contributed by atoms with Crippen LogP contribution in [0.15, 0.2) is 70.4 Å². The van der Waals surface area contributed by atoms with Crippen LogP contribution in [0.2, 0.25) is 0 Å². The molecule has 0 aliphatic heterocycles. The lowest BCUT2D eigenvalue weighted by Gasteiger charge is -2.26. The number of allylic oxidation sites excluding steroid dienone is 1. The average molecular weight is 526 g/mol. The van der Waals surface area contributed by atoms with E-state index < -0.39 is 46.1 Å². The highest BCUT2D eigenvalue weighted by Crippen LogP contribution is 2.46. The maximum atomic E-state index is 14.1. The largest absolute Gasteiger partial charge is 0.490 e. The molecular formula is C27H27F5O5. The summed E-state index contributed by atoms with van der Waals surface area (Å²) in [6.07, 6.45) is -4.12. The molecule has 200 valence electrons. The fourth-order valence-corrected chi connectivity index (χ4v) is 3.64. The van der Waals surface area contributed by atoms with Crippen LogP contribution in [-0.4, -0.2) is 24.4 Å². The van der Waals surface area contributed by atoms with Gasteiger partial charge in [-0.1, -0.05) is 30.3 Å². The quantitative estimate of drug-likeness (QED) is 0.132. The Balaban J connectivity index is 0.00000153. The fraction of sp³-hybridized carbons (Fsp3) is 0.333. The Bertz CT molecular complexity index is 1290. The molecule has 5 nitrogen and oxygen atoms in total. The van der Waals surface area contributed by atoms with Gasteiger partial charge in [-0.3, -0.25) is 4.79 Å². The van der Waals surface area contributed by atoms with Gasteiger partial charge in [0, 0.05) is 23.4 Å². The molecule has 1 atom stereocenters. The predicted octanol–water partition coefficient (Wildman–Crippen LogP) is 7.42. The van der Waals surface area contributed by atoms with Crippen LogP contribution in [0.1, 0.15) is 39.7 Å². The molecule has 0 N–H and O–H groups in total. The molecule has 1 heterocycles. The second kappa shape index (κ2) is 11.6. The number of carbonyl (C=O) groups is 1. The summed E-state index contributed by atoms with van der Waals surface area (Å²) < 4.78 is 83.1. The molecule has 0 saturated heterocycles. The first-order chi connectivity index (χ1) is 17.2.